The Balaban J connectivity index is 1.79. The first-order valence-corrected chi connectivity index (χ1v) is 6.03. The Kier molecular flexibility index (Phi) is 2.92. The second-order valence-electron chi connectivity index (χ2n) is 4.33. The molecule has 3 heterocycles. The molecule has 1 saturated heterocycles. The number of hydrogen-bond donors (Lipinski definition) is 1. The molecule has 1 fully saturated rings. The highest BCUT2D eigenvalue weighted by Crippen LogP contribution is 2.23. The van der Waals surface area contributed by atoms with Gasteiger partial charge in [0.25, 0.3) is 5.89 Å². The molecule has 17 heavy (non-hydrogen) atoms. The van der Waals surface area contributed by atoms with Crippen molar-refractivity contribution >= 4 is 0 Å². The molecule has 0 aliphatic carbocycles. The van der Waals surface area contributed by atoms with Crippen LogP contribution in [-0.2, 0) is 0 Å². The van der Waals surface area contributed by atoms with E-state index in [0.717, 1.165) is 24.4 Å². The average molecular weight is 233 g/mol. The maximum Gasteiger partial charge on any atom is 0.261 e. The highest BCUT2D eigenvalue weighted by Gasteiger charge is 2.20. The Morgan fingerprint density at radius 2 is 2.29 bits per heavy atom. The van der Waals surface area contributed by atoms with E-state index in [9.17, 15) is 0 Å². The predicted octanol–water partition coefficient (Wildman–Crippen LogP) is 2.53. The van der Waals surface area contributed by atoms with Gasteiger partial charge in [-0.1, -0.05) is 18.0 Å². The lowest BCUT2D eigenvalue weighted by atomic mass is 10.1. The van der Waals surface area contributed by atoms with Crippen molar-refractivity contribution in [2.24, 2.45) is 0 Å². The fourth-order valence-electron chi connectivity index (χ4n) is 2.13. The van der Waals surface area contributed by atoms with Crippen LogP contribution in [0.4, 0.5) is 0 Å². The zero-order chi connectivity index (χ0) is 11.5. The largest absolute Gasteiger partial charge is 0.472 e. The van der Waals surface area contributed by atoms with Crippen molar-refractivity contribution in [2.75, 3.05) is 6.54 Å². The monoisotopic (exact) mass is 233 g/mol. The van der Waals surface area contributed by atoms with Crippen molar-refractivity contribution in [2.45, 2.75) is 31.7 Å². The summed E-state index contributed by atoms with van der Waals surface area (Å²) in [6.07, 6.45) is 8.00. The molecule has 1 N–H and O–H groups in total. The van der Waals surface area contributed by atoms with Crippen LogP contribution in [0.3, 0.4) is 0 Å². The van der Waals surface area contributed by atoms with E-state index in [1.807, 2.05) is 6.07 Å². The van der Waals surface area contributed by atoms with Crippen LogP contribution in [0.2, 0.25) is 0 Å². The van der Waals surface area contributed by atoms with Gasteiger partial charge in [-0.05, 0) is 25.5 Å². The molecule has 5 heteroatoms. The van der Waals surface area contributed by atoms with Crippen molar-refractivity contribution in [3.8, 4) is 11.5 Å². The first-order chi connectivity index (χ1) is 8.43. The van der Waals surface area contributed by atoms with Crippen LogP contribution in [0.15, 0.2) is 27.5 Å². The Hall–Kier alpha value is -1.62. The number of nitrogens with zero attached hydrogens (tertiary/aromatic N) is 2. The normalized spacial score (nSPS) is 21.3. The zero-order valence-corrected chi connectivity index (χ0v) is 9.56. The molecule has 1 aliphatic heterocycles. The van der Waals surface area contributed by atoms with Crippen LogP contribution in [0.5, 0.6) is 0 Å². The van der Waals surface area contributed by atoms with E-state index in [1.165, 1.54) is 19.3 Å². The molecule has 0 bridgehead atoms. The molecule has 0 spiro atoms. The SMILES string of the molecule is c1cc(-c2nc([C@@H]3CCCCCN3)no2)co1. The van der Waals surface area contributed by atoms with Gasteiger partial charge in [0.05, 0.1) is 17.9 Å². The van der Waals surface area contributed by atoms with Crippen molar-refractivity contribution in [1.29, 1.82) is 0 Å². The summed E-state index contributed by atoms with van der Waals surface area (Å²) < 4.78 is 10.2. The molecule has 3 rings (SSSR count). The van der Waals surface area contributed by atoms with Gasteiger partial charge in [0.2, 0.25) is 0 Å². The molecule has 1 atom stereocenters. The van der Waals surface area contributed by atoms with E-state index < -0.39 is 0 Å². The van der Waals surface area contributed by atoms with Crippen LogP contribution in [0, 0.1) is 0 Å². The third kappa shape index (κ3) is 2.24. The molecule has 0 aromatic carbocycles. The molecule has 5 nitrogen and oxygen atoms in total. The molecule has 1 aliphatic rings. The molecule has 0 amide bonds. The van der Waals surface area contributed by atoms with E-state index in [-0.39, 0.29) is 6.04 Å². The fraction of sp³-hybridized carbons (Fsp3) is 0.500. The van der Waals surface area contributed by atoms with Crippen LogP contribution in [0.25, 0.3) is 11.5 Å². The summed E-state index contributed by atoms with van der Waals surface area (Å²) in [5.41, 5.74) is 0.831. The van der Waals surface area contributed by atoms with Gasteiger partial charge in [0.1, 0.15) is 6.26 Å². The van der Waals surface area contributed by atoms with Crippen molar-refractivity contribution in [3.63, 3.8) is 0 Å². The minimum absolute atomic E-state index is 0.224. The van der Waals surface area contributed by atoms with Gasteiger partial charge < -0.3 is 14.3 Å². The van der Waals surface area contributed by atoms with Crippen LogP contribution >= 0.6 is 0 Å². The van der Waals surface area contributed by atoms with Gasteiger partial charge in [0.15, 0.2) is 5.82 Å². The van der Waals surface area contributed by atoms with Crippen LogP contribution in [0.1, 0.15) is 37.5 Å². The van der Waals surface area contributed by atoms with Gasteiger partial charge >= 0.3 is 0 Å². The lowest BCUT2D eigenvalue weighted by molar-refractivity contribution is 0.402. The van der Waals surface area contributed by atoms with Gasteiger partial charge in [-0.3, -0.25) is 0 Å². The molecule has 2 aromatic heterocycles. The highest BCUT2D eigenvalue weighted by atomic mass is 16.5. The Morgan fingerprint density at radius 3 is 3.18 bits per heavy atom. The summed E-state index contributed by atoms with van der Waals surface area (Å²) in [4.78, 5) is 4.42. The standard InChI is InChI=1S/C12H15N3O2/c1-2-4-10(13-6-3-1)11-14-12(17-15-11)9-5-7-16-8-9/h5,7-8,10,13H,1-4,6H2/t10-/m0/s1. The average Bonchev–Trinajstić information content (AvgIpc) is 2.95. The highest BCUT2D eigenvalue weighted by molar-refractivity contribution is 5.49. The smallest absolute Gasteiger partial charge is 0.261 e. The molecular weight excluding hydrogens is 218 g/mol. The quantitative estimate of drug-likeness (QED) is 0.863. The minimum Gasteiger partial charge on any atom is -0.472 e. The summed E-state index contributed by atoms with van der Waals surface area (Å²) in [6, 6.07) is 2.04. The van der Waals surface area contributed by atoms with Crippen molar-refractivity contribution in [1.82, 2.24) is 15.5 Å². The summed E-state index contributed by atoms with van der Waals surface area (Å²) in [6.45, 7) is 1.03. The van der Waals surface area contributed by atoms with Crippen molar-refractivity contribution in [3.05, 3.63) is 24.4 Å². The number of nitrogens with one attached hydrogen (secondary N) is 1. The first kappa shape index (κ1) is 10.5. The molecular formula is C12H15N3O2. The Labute approximate surface area is 99.2 Å². The van der Waals surface area contributed by atoms with E-state index in [2.05, 4.69) is 15.5 Å². The summed E-state index contributed by atoms with van der Waals surface area (Å²) in [5.74, 6) is 1.28. The predicted molar refractivity (Wildman–Crippen MR) is 61.2 cm³/mol. The number of furan rings is 1. The maximum absolute atomic E-state index is 5.24. The fourth-order valence-corrected chi connectivity index (χ4v) is 2.13. The van der Waals surface area contributed by atoms with E-state index >= 15 is 0 Å². The van der Waals surface area contributed by atoms with E-state index in [0.29, 0.717) is 5.89 Å². The third-order valence-corrected chi connectivity index (χ3v) is 3.08. The Morgan fingerprint density at radius 1 is 1.29 bits per heavy atom. The van der Waals surface area contributed by atoms with Gasteiger partial charge in [0, 0.05) is 0 Å². The van der Waals surface area contributed by atoms with Gasteiger partial charge in [-0.25, -0.2) is 0 Å². The molecule has 0 radical (unpaired) electrons. The molecule has 0 unspecified atom stereocenters. The molecule has 2 aromatic rings. The summed E-state index contributed by atoms with van der Waals surface area (Å²) in [5, 5.41) is 7.50. The maximum atomic E-state index is 5.24. The van der Waals surface area contributed by atoms with Gasteiger partial charge in [-0.15, -0.1) is 0 Å². The topological polar surface area (TPSA) is 64.1 Å². The third-order valence-electron chi connectivity index (χ3n) is 3.08. The summed E-state index contributed by atoms with van der Waals surface area (Å²) in [7, 11) is 0. The molecule has 0 saturated carbocycles. The van der Waals surface area contributed by atoms with E-state index in [1.54, 1.807) is 12.5 Å². The minimum atomic E-state index is 0.224. The summed E-state index contributed by atoms with van der Waals surface area (Å²) >= 11 is 0. The second kappa shape index (κ2) is 4.71. The number of hydrogen-bond acceptors (Lipinski definition) is 5. The molecule has 90 valence electrons. The van der Waals surface area contributed by atoms with E-state index in [4.69, 9.17) is 8.94 Å². The van der Waals surface area contributed by atoms with Gasteiger partial charge in [-0.2, -0.15) is 4.98 Å². The second-order valence-corrected chi connectivity index (χ2v) is 4.33. The van der Waals surface area contributed by atoms with Crippen LogP contribution in [-0.4, -0.2) is 16.7 Å². The van der Waals surface area contributed by atoms with Crippen LogP contribution < -0.4 is 5.32 Å². The lowest BCUT2D eigenvalue weighted by Crippen LogP contribution is -2.21. The number of aromatic nitrogens is 2. The first-order valence-electron chi connectivity index (χ1n) is 6.03. The number of rotatable bonds is 2. The van der Waals surface area contributed by atoms with Crippen molar-refractivity contribution < 1.29 is 8.94 Å². The zero-order valence-electron chi connectivity index (χ0n) is 9.56. The lowest BCUT2D eigenvalue weighted by Gasteiger charge is -2.09. The Bertz CT molecular complexity index is 456.